The van der Waals surface area contributed by atoms with E-state index in [4.69, 9.17) is 14.2 Å². The van der Waals surface area contributed by atoms with Gasteiger partial charge < -0.3 is 14.2 Å². The smallest absolute Gasteiger partial charge is 0.338 e. The number of hydrogen-bond acceptors (Lipinski definition) is 7. The fraction of sp³-hybridized carbons (Fsp3) is 0.194. The van der Waals surface area contributed by atoms with Gasteiger partial charge in [0.05, 0.1) is 44.5 Å². The molecular weight excluding hydrogens is 691 g/mol. The van der Waals surface area contributed by atoms with Gasteiger partial charge in [-0.05, 0) is 93.2 Å². The Hall–Kier alpha value is -3.54. The maximum Gasteiger partial charge on any atom is 0.338 e. The molecule has 0 spiro atoms. The van der Waals surface area contributed by atoms with Gasteiger partial charge in [-0.1, -0.05) is 41.7 Å². The van der Waals surface area contributed by atoms with Crippen molar-refractivity contribution in [2.45, 2.75) is 26.5 Å². The molecule has 2 heterocycles. The van der Waals surface area contributed by atoms with Crippen LogP contribution in [-0.4, -0.2) is 24.3 Å². The number of nitrogens with zero attached hydrogens (tertiary/aromatic N) is 2. The highest BCUT2D eigenvalue weighted by Crippen LogP contribution is 2.36. The van der Waals surface area contributed by atoms with Crippen molar-refractivity contribution in [1.29, 1.82) is 0 Å². The van der Waals surface area contributed by atoms with Crippen LogP contribution in [0.5, 0.6) is 11.5 Å². The molecule has 0 aliphatic carbocycles. The zero-order valence-electron chi connectivity index (χ0n) is 22.8. The molecule has 1 unspecified atom stereocenters. The van der Waals surface area contributed by atoms with Gasteiger partial charge in [0.2, 0.25) is 0 Å². The van der Waals surface area contributed by atoms with Crippen molar-refractivity contribution in [2.75, 3.05) is 13.7 Å². The number of halogens is 3. The van der Waals surface area contributed by atoms with E-state index in [0.29, 0.717) is 46.6 Å². The number of methoxy groups -OCH3 is 1. The van der Waals surface area contributed by atoms with E-state index in [9.17, 15) is 14.0 Å². The Balaban J connectivity index is 1.56. The lowest BCUT2D eigenvalue weighted by Crippen LogP contribution is -2.39. The molecule has 0 radical (unpaired) electrons. The number of carbonyl (C=O) groups excluding carboxylic acids is 1. The minimum atomic E-state index is -0.721. The van der Waals surface area contributed by atoms with Crippen molar-refractivity contribution in [3.05, 3.63) is 123 Å². The van der Waals surface area contributed by atoms with Crippen LogP contribution in [0.4, 0.5) is 4.39 Å². The topological polar surface area (TPSA) is 79.1 Å². The molecule has 0 N–H and O–H groups in total. The number of thiazole rings is 1. The van der Waals surface area contributed by atoms with Gasteiger partial charge in [-0.3, -0.25) is 9.36 Å². The van der Waals surface area contributed by atoms with Crippen LogP contribution >= 0.6 is 43.2 Å². The van der Waals surface area contributed by atoms with Crippen LogP contribution in [0, 0.1) is 5.82 Å². The number of allylic oxidation sites excluding steroid dienone is 1. The molecule has 0 bridgehead atoms. The molecule has 1 atom stereocenters. The molecule has 11 heteroatoms. The third-order valence-electron chi connectivity index (χ3n) is 6.60. The van der Waals surface area contributed by atoms with E-state index in [2.05, 4.69) is 36.9 Å². The summed E-state index contributed by atoms with van der Waals surface area (Å²) >= 11 is 8.32. The third kappa shape index (κ3) is 5.99. The van der Waals surface area contributed by atoms with Crippen molar-refractivity contribution >= 4 is 55.2 Å². The summed E-state index contributed by atoms with van der Waals surface area (Å²) in [7, 11) is 1.57. The number of fused-ring (bicyclic) bond motifs is 1. The van der Waals surface area contributed by atoms with Crippen molar-refractivity contribution in [1.82, 2.24) is 4.57 Å². The Morgan fingerprint density at radius 2 is 1.81 bits per heavy atom. The van der Waals surface area contributed by atoms with Gasteiger partial charge in [-0.25, -0.2) is 14.2 Å². The zero-order valence-corrected chi connectivity index (χ0v) is 26.8. The largest absolute Gasteiger partial charge is 0.497 e. The Morgan fingerprint density at radius 3 is 2.45 bits per heavy atom. The van der Waals surface area contributed by atoms with E-state index >= 15 is 0 Å². The summed E-state index contributed by atoms with van der Waals surface area (Å²) in [4.78, 5) is 32.1. The molecule has 0 saturated carbocycles. The molecule has 7 nitrogen and oxygen atoms in total. The summed E-state index contributed by atoms with van der Waals surface area (Å²) < 4.78 is 33.8. The fourth-order valence-corrected chi connectivity index (χ4v) is 7.11. The van der Waals surface area contributed by atoms with Crippen LogP contribution in [0.1, 0.15) is 36.6 Å². The van der Waals surface area contributed by atoms with Gasteiger partial charge in [0.25, 0.3) is 5.56 Å². The number of benzene rings is 3. The Morgan fingerprint density at radius 1 is 1.12 bits per heavy atom. The Labute approximate surface area is 261 Å². The van der Waals surface area contributed by atoms with E-state index < -0.39 is 12.0 Å². The molecule has 5 rings (SSSR count). The van der Waals surface area contributed by atoms with E-state index in [0.717, 1.165) is 11.1 Å². The molecular formula is C31H25Br2FN2O5S. The second-order valence-corrected chi connectivity index (χ2v) is 12.0. The maximum absolute atomic E-state index is 14.1. The molecule has 0 saturated heterocycles. The van der Waals surface area contributed by atoms with Crippen LogP contribution < -0.4 is 24.4 Å². The molecule has 0 amide bonds. The first-order valence-corrected chi connectivity index (χ1v) is 15.3. The van der Waals surface area contributed by atoms with Gasteiger partial charge in [-0.2, -0.15) is 0 Å². The second-order valence-electron chi connectivity index (χ2n) is 9.27. The van der Waals surface area contributed by atoms with Crippen molar-refractivity contribution < 1.29 is 23.4 Å². The quantitative estimate of drug-likeness (QED) is 0.208. The molecule has 216 valence electrons. The third-order valence-corrected chi connectivity index (χ3v) is 8.76. The average molecular weight is 716 g/mol. The van der Waals surface area contributed by atoms with Crippen molar-refractivity contribution in [3.8, 4) is 11.5 Å². The Bertz CT molecular complexity index is 1860. The van der Waals surface area contributed by atoms with Crippen LogP contribution in [0.3, 0.4) is 0 Å². The molecule has 1 aliphatic heterocycles. The average Bonchev–Trinajstić information content (AvgIpc) is 3.26. The fourth-order valence-electron chi connectivity index (χ4n) is 4.61. The number of rotatable bonds is 8. The van der Waals surface area contributed by atoms with Gasteiger partial charge in [0.15, 0.2) is 4.80 Å². The number of hydrogen-bond donors (Lipinski definition) is 0. The van der Waals surface area contributed by atoms with Crippen molar-refractivity contribution in [2.24, 2.45) is 4.99 Å². The molecule has 4 aromatic rings. The molecule has 1 aromatic heterocycles. The minimum absolute atomic E-state index is 0.0509. The van der Waals surface area contributed by atoms with Gasteiger partial charge in [0.1, 0.15) is 23.9 Å². The summed E-state index contributed by atoms with van der Waals surface area (Å²) in [6, 6.07) is 16.6. The zero-order chi connectivity index (χ0) is 30.0. The highest BCUT2D eigenvalue weighted by atomic mass is 79.9. The lowest BCUT2D eigenvalue weighted by Gasteiger charge is -2.24. The second kappa shape index (κ2) is 12.8. The normalized spacial score (nSPS) is 14.8. The van der Waals surface area contributed by atoms with Crippen molar-refractivity contribution in [3.63, 3.8) is 0 Å². The van der Waals surface area contributed by atoms with E-state index in [1.54, 1.807) is 57.4 Å². The van der Waals surface area contributed by atoms with Crippen LogP contribution in [-0.2, 0) is 16.1 Å². The predicted molar refractivity (Wildman–Crippen MR) is 166 cm³/mol. The highest BCUT2D eigenvalue weighted by Gasteiger charge is 2.33. The van der Waals surface area contributed by atoms with E-state index in [-0.39, 0.29) is 24.6 Å². The summed E-state index contributed by atoms with van der Waals surface area (Å²) in [6.07, 6.45) is 1.76. The van der Waals surface area contributed by atoms with Crippen LogP contribution in [0.15, 0.2) is 90.7 Å². The number of aromatic nitrogens is 1. The monoisotopic (exact) mass is 714 g/mol. The molecule has 1 aliphatic rings. The summed E-state index contributed by atoms with van der Waals surface area (Å²) in [5.74, 6) is 0.298. The van der Waals surface area contributed by atoms with Crippen LogP contribution in [0.2, 0.25) is 0 Å². The first-order valence-electron chi connectivity index (χ1n) is 12.9. The van der Waals surface area contributed by atoms with Gasteiger partial charge in [0, 0.05) is 5.56 Å². The van der Waals surface area contributed by atoms with Gasteiger partial charge in [-0.15, -0.1) is 0 Å². The highest BCUT2D eigenvalue weighted by molar-refractivity contribution is 9.11. The predicted octanol–water partition coefficient (Wildman–Crippen LogP) is 6.05. The molecule has 3 aromatic carbocycles. The lowest BCUT2D eigenvalue weighted by atomic mass is 9.96. The summed E-state index contributed by atoms with van der Waals surface area (Å²) in [6.45, 7) is 3.72. The Kier molecular flexibility index (Phi) is 9.10. The van der Waals surface area contributed by atoms with E-state index in [1.165, 1.54) is 22.0 Å². The first kappa shape index (κ1) is 29.9. The molecule has 0 fully saturated rings. The van der Waals surface area contributed by atoms with Crippen LogP contribution in [0.25, 0.3) is 6.08 Å². The number of carbonyl (C=O) groups is 1. The minimum Gasteiger partial charge on any atom is -0.497 e. The number of esters is 1. The van der Waals surface area contributed by atoms with Gasteiger partial charge >= 0.3 is 5.97 Å². The first-order chi connectivity index (χ1) is 20.2. The SMILES string of the molecule is CCOC(=O)C1=C(C)N=c2s/c(=C/c3cc(Br)c(OCc4ccccc4F)c(Br)c3)c(=O)n2C1c1ccc(OC)cc1. The van der Waals surface area contributed by atoms with E-state index in [1.807, 2.05) is 24.3 Å². The standard InChI is InChI=1S/C31H25Br2FN2O5S/c1-4-40-30(38)26-17(2)35-31-36(27(26)19-9-11-21(39-3)12-10-19)29(37)25(42-31)15-18-13-22(32)28(23(33)14-18)41-16-20-7-5-6-8-24(20)34/h5-15,27H,4,16H2,1-3H3/b25-15+. The summed E-state index contributed by atoms with van der Waals surface area (Å²) in [5.41, 5.74) is 2.39. The molecule has 42 heavy (non-hydrogen) atoms. The summed E-state index contributed by atoms with van der Waals surface area (Å²) in [5, 5.41) is 0. The maximum atomic E-state index is 14.1. The number of ether oxygens (including phenoxy) is 3. The lowest BCUT2D eigenvalue weighted by molar-refractivity contribution is -0.139.